The van der Waals surface area contributed by atoms with E-state index in [2.05, 4.69) is 411 Å². The molecule has 8 aliphatic rings. The minimum Gasteiger partial charge on any atom is -0.310 e. The summed E-state index contributed by atoms with van der Waals surface area (Å²) in [5.74, 6) is 4.73. The van der Waals surface area contributed by atoms with Gasteiger partial charge in [0.25, 0.3) is 0 Å². The zero-order valence-electron chi connectivity index (χ0n) is 69.1. The van der Waals surface area contributed by atoms with Crippen molar-refractivity contribution in [2.24, 2.45) is 35.5 Å². The number of nitrogens with zero attached hydrogens (tertiary/aromatic N) is 4. The lowest BCUT2D eigenvalue weighted by atomic mass is 9.47. The number of anilines is 12. The number of hydrogen-bond acceptors (Lipinski definition) is 4. The molecule has 16 aromatic rings. The predicted octanol–water partition coefficient (Wildman–Crippen LogP) is 31.8. The fourth-order valence-corrected chi connectivity index (χ4v) is 25.2. The van der Waals surface area contributed by atoms with Crippen molar-refractivity contribution in [3.8, 4) is 11.1 Å². The highest BCUT2D eigenvalue weighted by Gasteiger charge is 2.55. The van der Waals surface area contributed by atoms with Crippen LogP contribution >= 0.6 is 0 Å². The van der Waals surface area contributed by atoms with E-state index in [4.69, 9.17) is 0 Å². The molecule has 0 heterocycles. The Kier molecular flexibility index (Phi) is 18.1. The third kappa shape index (κ3) is 12.8. The standard InChI is InChI=1S/C115H104N4/c1-112(2,86-31-13-5-14-32-86)108-101-59-55-99(69-105(101)109(113(3,4)87-33-15-6-16-34-87)100-58-54-96(68-104(100)108)116(88-35-17-7-18-36-88)89-37-19-8-20-38-89)119(93-45-27-12-28-46-93)95-47-29-30-85(67-95)84-50-52-94(53-51-84)118(92-43-25-11-26-44-92)98-57-61-102-107(71-98)111(115-75-81-64-82(76-115)66-83(65-81)77-115)103-60-56-97(117(90-39-21-9-22-40-90)91-41-23-10-24-42-91)70-106(103)110(102)114-72-78-48-49-79(73-114)63-80(62-78)74-114/h5-47,50-61,67-71,78-83H,48-49,62-66,72-77H2,1-4H3. The lowest BCUT2D eigenvalue weighted by molar-refractivity contribution is -0.00384. The van der Waals surface area contributed by atoms with Gasteiger partial charge in [-0.15, -0.1) is 0 Å². The highest BCUT2D eigenvalue weighted by Crippen LogP contribution is 2.66. The van der Waals surface area contributed by atoms with E-state index in [0.717, 1.165) is 80.9 Å². The summed E-state index contributed by atoms with van der Waals surface area (Å²) in [6, 6.07) is 138. The molecule has 24 rings (SSSR count). The van der Waals surface area contributed by atoms with Crippen LogP contribution in [0, 0.1) is 35.5 Å². The van der Waals surface area contributed by atoms with Crippen LogP contribution in [0.15, 0.2) is 364 Å². The van der Waals surface area contributed by atoms with E-state index in [0.29, 0.717) is 0 Å². The second kappa shape index (κ2) is 29.4. The second-order valence-electron chi connectivity index (χ2n) is 37.6. The molecule has 4 nitrogen and oxygen atoms in total. The van der Waals surface area contributed by atoms with Crippen molar-refractivity contribution < 1.29 is 0 Å². The minimum absolute atomic E-state index is 0.109. The smallest absolute Gasteiger partial charge is 0.0468 e. The Bertz CT molecular complexity index is 6310. The van der Waals surface area contributed by atoms with Gasteiger partial charge in [-0.05, 0) is 350 Å². The molecule has 0 amide bonds. The molecule has 4 heteroatoms. The molecule has 584 valence electrons. The molecule has 2 unspecified atom stereocenters. The van der Waals surface area contributed by atoms with Gasteiger partial charge in [0.2, 0.25) is 0 Å². The first-order chi connectivity index (χ1) is 58.4. The number of hydrogen-bond donors (Lipinski definition) is 0. The van der Waals surface area contributed by atoms with E-state index in [1.807, 2.05) is 0 Å². The van der Waals surface area contributed by atoms with Gasteiger partial charge in [0.15, 0.2) is 0 Å². The molecule has 8 bridgehead atoms. The Balaban J connectivity index is 0.696. The molecule has 2 atom stereocenters. The predicted molar refractivity (Wildman–Crippen MR) is 502 cm³/mol. The molecule has 0 aromatic heterocycles. The van der Waals surface area contributed by atoms with E-state index in [1.165, 1.54) is 183 Å². The fraction of sp³-hybridized carbons (Fsp3) is 0.235. The normalized spacial score (nSPS) is 21.1. The van der Waals surface area contributed by atoms with Crippen LogP contribution in [0.5, 0.6) is 0 Å². The molecular weight excluding hydrogens is 1440 g/mol. The number of para-hydroxylation sites is 6. The first kappa shape index (κ1) is 73.2. The van der Waals surface area contributed by atoms with Gasteiger partial charge in [-0.1, -0.05) is 259 Å². The number of fused-ring (bicyclic) bond motifs is 5. The van der Waals surface area contributed by atoms with Gasteiger partial charge in [0.1, 0.15) is 0 Å². The molecule has 8 aliphatic carbocycles. The molecule has 0 saturated heterocycles. The van der Waals surface area contributed by atoms with E-state index >= 15 is 0 Å². The molecule has 0 N–H and O–H groups in total. The van der Waals surface area contributed by atoms with Crippen molar-refractivity contribution >= 4 is 111 Å². The summed E-state index contributed by atoms with van der Waals surface area (Å²) in [6.45, 7) is 9.74. The Morgan fingerprint density at radius 1 is 0.210 bits per heavy atom. The zero-order valence-corrected chi connectivity index (χ0v) is 69.1. The summed E-state index contributed by atoms with van der Waals surface area (Å²) in [4.78, 5) is 10.0. The topological polar surface area (TPSA) is 13.0 Å². The maximum absolute atomic E-state index is 2.73. The molecule has 16 aromatic carbocycles. The van der Waals surface area contributed by atoms with Gasteiger partial charge in [-0.25, -0.2) is 0 Å². The first-order valence-electron chi connectivity index (χ1n) is 44.3. The lowest BCUT2D eigenvalue weighted by Crippen LogP contribution is -2.48. The van der Waals surface area contributed by atoms with Crippen molar-refractivity contribution in [3.05, 3.63) is 397 Å². The largest absolute Gasteiger partial charge is 0.310 e. The van der Waals surface area contributed by atoms with Crippen molar-refractivity contribution in [2.45, 2.75) is 133 Å². The molecule has 0 radical (unpaired) electrons. The van der Waals surface area contributed by atoms with Gasteiger partial charge < -0.3 is 19.6 Å². The fourth-order valence-electron chi connectivity index (χ4n) is 25.2. The zero-order chi connectivity index (χ0) is 79.6. The molecule has 0 spiro atoms. The maximum atomic E-state index is 2.73. The van der Waals surface area contributed by atoms with Crippen molar-refractivity contribution in [1.82, 2.24) is 0 Å². The summed E-state index contributed by atoms with van der Waals surface area (Å²) >= 11 is 0. The Hall–Kier alpha value is -12.2. The van der Waals surface area contributed by atoms with E-state index in [9.17, 15) is 0 Å². The quantitative estimate of drug-likeness (QED) is 0.0748. The van der Waals surface area contributed by atoms with Gasteiger partial charge in [-0.3, -0.25) is 0 Å². The van der Waals surface area contributed by atoms with Gasteiger partial charge in [0, 0.05) is 79.1 Å². The Labute approximate surface area is 703 Å². The first-order valence-corrected chi connectivity index (χ1v) is 44.3. The van der Waals surface area contributed by atoms with Crippen LogP contribution < -0.4 is 19.6 Å². The monoisotopic (exact) mass is 1540 g/mol. The minimum atomic E-state index is -0.441. The Morgan fingerprint density at radius 2 is 0.462 bits per heavy atom. The lowest BCUT2D eigenvalue weighted by Gasteiger charge is -2.58. The molecular formula is C115H104N4. The van der Waals surface area contributed by atoms with Gasteiger partial charge >= 0.3 is 0 Å². The average molecular weight is 1540 g/mol. The van der Waals surface area contributed by atoms with Crippen LogP contribution in [0.25, 0.3) is 54.2 Å². The van der Waals surface area contributed by atoms with Crippen LogP contribution in [0.2, 0.25) is 0 Å². The number of rotatable bonds is 19. The van der Waals surface area contributed by atoms with Crippen LogP contribution in [-0.4, -0.2) is 0 Å². The molecule has 8 fully saturated rings. The third-order valence-electron chi connectivity index (χ3n) is 29.5. The number of benzene rings is 16. The van der Waals surface area contributed by atoms with Crippen LogP contribution in [0.4, 0.5) is 68.2 Å². The van der Waals surface area contributed by atoms with Crippen molar-refractivity contribution in [2.75, 3.05) is 19.6 Å². The Morgan fingerprint density at radius 3 is 0.798 bits per heavy atom. The summed E-state index contributed by atoms with van der Waals surface area (Å²) in [5.41, 5.74) is 23.9. The summed E-state index contributed by atoms with van der Waals surface area (Å²) < 4.78 is 0. The van der Waals surface area contributed by atoms with E-state index in [1.54, 1.807) is 11.1 Å². The van der Waals surface area contributed by atoms with E-state index in [-0.39, 0.29) is 10.8 Å². The van der Waals surface area contributed by atoms with Crippen LogP contribution in [0.1, 0.15) is 145 Å². The molecule has 8 saturated carbocycles. The van der Waals surface area contributed by atoms with Crippen molar-refractivity contribution in [3.63, 3.8) is 0 Å². The SMILES string of the molecule is CC(C)(c1ccccc1)c1c2ccc(N(c3ccccc3)c3cccc(-c4ccc(N(c5ccccc5)c5ccc6c(C78CC9CCC(CC(C9)C7)C8)c7cc(N(c8ccccc8)c8ccccc8)ccc7c(C78CC9CC(CC(C9)C7)C8)c6c5)cc4)c3)cc2c(C(C)(C)c2ccccc2)c2ccc(N(c3ccccc3)c3ccccc3)cc12. The maximum Gasteiger partial charge on any atom is 0.0468 e. The van der Waals surface area contributed by atoms with Gasteiger partial charge in [0.05, 0.1) is 0 Å². The molecule has 0 aliphatic heterocycles. The van der Waals surface area contributed by atoms with Crippen LogP contribution in [-0.2, 0) is 21.7 Å². The van der Waals surface area contributed by atoms with Crippen molar-refractivity contribution in [1.29, 1.82) is 0 Å². The van der Waals surface area contributed by atoms with Crippen LogP contribution in [0.3, 0.4) is 0 Å². The third-order valence-corrected chi connectivity index (χ3v) is 29.5. The summed E-state index contributed by atoms with van der Waals surface area (Å²) in [5, 5.41) is 11.1. The second-order valence-corrected chi connectivity index (χ2v) is 37.6. The summed E-state index contributed by atoms with van der Waals surface area (Å²) in [6.07, 6.45) is 17.6. The van der Waals surface area contributed by atoms with Gasteiger partial charge in [-0.2, -0.15) is 0 Å². The summed E-state index contributed by atoms with van der Waals surface area (Å²) in [7, 11) is 0. The highest BCUT2D eigenvalue weighted by atomic mass is 15.2. The van der Waals surface area contributed by atoms with E-state index < -0.39 is 10.8 Å². The molecule has 119 heavy (non-hydrogen) atoms. The highest BCUT2D eigenvalue weighted by molar-refractivity contribution is 6.12. The average Bonchev–Trinajstić information content (AvgIpc) is 1.56.